The maximum absolute atomic E-state index is 12.2. The topological polar surface area (TPSA) is 166 Å². The fourth-order valence-electron chi connectivity index (χ4n) is 13.1. The number of aliphatic hydroxyl groups is 6. The second-order valence-corrected chi connectivity index (χ2v) is 18.0. The van der Waals surface area contributed by atoms with E-state index in [-0.39, 0.29) is 58.9 Å². The Kier molecular flexibility index (Phi) is 9.58. The molecular formula is C38H62O10. The van der Waals surface area contributed by atoms with Crippen LogP contribution in [0.2, 0.25) is 0 Å². The first kappa shape index (κ1) is 36.7. The first-order valence-electron chi connectivity index (χ1n) is 18.5. The molecule has 1 aliphatic heterocycles. The molecular weight excluding hydrogens is 616 g/mol. The number of ether oxygens (including phenoxy) is 3. The van der Waals surface area contributed by atoms with Gasteiger partial charge < -0.3 is 44.8 Å². The molecule has 6 fully saturated rings. The number of allylic oxidation sites excluding steroid dienone is 1. The molecule has 0 amide bonds. The summed E-state index contributed by atoms with van der Waals surface area (Å²) in [6, 6.07) is 0. The molecule has 2 unspecified atom stereocenters. The maximum atomic E-state index is 12.2. The van der Waals surface area contributed by atoms with Crippen molar-refractivity contribution in [2.45, 2.75) is 155 Å². The number of esters is 1. The van der Waals surface area contributed by atoms with Gasteiger partial charge in [0.15, 0.2) is 6.29 Å². The van der Waals surface area contributed by atoms with E-state index in [9.17, 15) is 35.4 Å². The highest BCUT2D eigenvalue weighted by Crippen LogP contribution is 2.89. The summed E-state index contributed by atoms with van der Waals surface area (Å²) in [6.07, 6.45) is 2.27. The Morgan fingerprint density at radius 3 is 2.31 bits per heavy atom. The van der Waals surface area contributed by atoms with Crippen LogP contribution >= 0.6 is 0 Å². The molecule has 2 spiro atoms. The summed E-state index contributed by atoms with van der Waals surface area (Å²) in [4.78, 5) is 11.4. The molecule has 6 N–H and O–H groups in total. The van der Waals surface area contributed by atoms with E-state index in [0.717, 1.165) is 50.5 Å². The van der Waals surface area contributed by atoms with E-state index < -0.39 is 48.2 Å². The molecule has 6 rings (SSSR count). The molecule has 0 radical (unpaired) electrons. The monoisotopic (exact) mass is 678 g/mol. The number of carbonyl (C=O) groups is 1. The van der Waals surface area contributed by atoms with E-state index >= 15 is 0 Å². The van der Waals surface area contributed by atoms with E-state index in [0.29, 0.717) is 24.7 Å². The van der Waals surface area contributed by atoms with Gasteiger partial charge in [-0.2, -0.15) is 0 Å². The standard InChI is InChI=1S/C38H62O10/c1-20(17-39)9-8-10-21(2)28-24(42)16-36(7)26-15-23(41)32-34(4,5)27(11-12-38(32)19-37(26,38)14-13-35(28,36)6)48-33-31(45)30(44)29(43)25(47-33)18-46-22(3)40/h9,21,23-33,39,41-45H,8,10-19H2,1-7H3/b20-9+/t21-,23+,24+,25-,26?,27+,28+,29-,30+,31-,32?,33+,35-,36+,37+,38-/m1/s1. The van der Waals surface area contributed by atoms with Crippen molar-refractivity contribution in [2.24, 2.45) is 50.7 Å². The van der Waals surface area contributed by atoms with Crippen LogP contribution in [0.25, 0.3) is 0 Å². The van der Waals surface area contributed by atoms with Crippen molar-refractivity contribution in [3.63, 3.8) is 0 Å². The Morgan fingerprint density at radius 1 is 0.938 bits per heavy atom. The molecule has 16 atom stereocenters. The second kappa shape index (κ2) is 12.5. The van der Waals surface area contributed by atoms with Crippen LogP contribution in [0.4, 0.5) is 0 Å². The Hall–Kier alpha value is -1.11. The second-order valence-electron chi connectivity index (χ2n) is 18.0. The minimum atomic E-state index is -1.53. The zero-order valence-electron chi connectivity index (χ0n) is 30.1. The van der Waals surface area contributed by atoms with E-state index in [2.05, 4.69) is 40.7 Å². The van der Waals surface area contributed by atoms with Gasteiger partial charge in [-0.1, -0.05) is 46.3 Å². The third-order valence-corrected chi connectivity index (χ3v) is 15.4. The van der Waals surface area contributed by atoms with Crippen LogP contribution < -0.4 is 0 Å². The van der Waals surface area contributed by atoms with Crippen LogP contribution in [-0.2, 0) is 19.0 Å². The summed E-state index contributed by atoms with van der Waals surface area (Å²) < 4.78 is 17.4. The molecule has 10 nitrogen and oxygen atoms in total. The molecule has 48 heavy (non-hydrogen) atoms. The van der Waals surface area contributed by atoms with Crippen molar-refractivity contribution in [2.75, 3.05) is 13.2 Å². The molecule has 1 saturated heterocycles. The Balaban J connectivity index is 1.21. The van der Waals surface area contributed by atoms with Crippen LogP contribution in [-0.4, -0.2) is 98.8 Å². The van der Waals surface area contributed by atoms with Crippen molar-refractivity contribution in [1.82, 2.24) is 0 Å². The zero-order chi connectivity index (χ0) is 35.2. The van der Waals surface area contributed by atoms with Crippen molar-refractivity contribution >= 4 is 5.97 Å². The third kappa shape index (κ3) is 5.29. The molecule has 1 heterocycles. The van der Waals surface area contributed by atoms with Gasteiger partial charge in [0.25, 0.3) is 0 Å². The summed E-state index contributed by atoms with van der Waals surface area (Å²) >= 11 is 0. The van der Waals surface area contributed by atoms with Gasteiger partial charge in [-0.25, -0.2) is 0 Å². The van der Waals surface area contributed by atoms with Gasteiger partial charge in [-0.15, -0.1) is 0 Å². The summed E-state index contributed by atoms with van der Waals surface area (Å²) in [5, 5.41) is 65.3. The number of rotatable bonds is 9. The van der Waals surface area contributed by atoms with Crippen LogP contribution in [0.3, 0.4) is 0 Å². The molecule has 5 saturated carbocycles. The van der Waals surface area contributed by atoms with Gasteiger partial charge in [0.2, 0.25) is 0 Å². The lowest BCUT2D eigenvalue weighted by molar-refractivity contribution is -0.329. The zero-order valence-corrected chi connectivity index (χ0v) is 30.1. The maximum Gasteiger partial charge on any atom is 0.302 e. The predicted molar refractivity (Wildman–Crippen MR) is 177 cm³/mol. The van der Waals surface area contributed by atoms with Gasteiger partial charge in [0, 0.05) is 6.92 Å². The lowest BCUT2D eigenvalue weighted by Gasteiger charge is -2.64. The van der Waals surface area contributed by atoms with Gasteiger partial charge in [-0.3, -0.25) is 4.79 Å². The quantitative estimate of drug-likeness (QED) is 0.121. The van der Waals surface area contributed by atoms with Crippen LogP contribution in [0.15, 0.2) is 11.6 Å². The van der Waals surface area contributed by atoms with Crippen molar-refractivity contribution < 1.29 is 49.6 Å². The summed E-state index contributed by atoms with van der Waals surface area (Å²) in [5.41, 5.74) is 0.468. The highest BCUT2D eigenvalue weighted by Gasteiger charge is 2.84. The van der Waals surface area contributed by atoms with E-state index in [4.69, 9.17) is 14.2 Å². The van der Waals surface area contributed by atoms with Gasteiger partial charge in [0.1, 0.15) is 31.0 Å². The summed E-state index contributed by atoms with van der Waals surface area (Å²) in [7, 11) is 0. The van der Waals surface area contributed by atoms with E-state index in [1.807, 2.05) is 6.92 Å². The average Bonchev–Trinajstić information content (AvgIpc) is 3.60. The van der Waals surface area contributed by atoms with Crippen molar-refractivity contribution in [3.05, 3.63) is 11.6 Å². The number of hydrogen-bond donors (Lipinski definition) is 6. The predicted octanol–water partition coefficient (Wildman–Crippen LogP) is 3.48. The number of hydrogen-bond acceptors (Lipinski definition) is 10. The normalized spacial score (nSPS) is 51.6. The van der Waals surface area contributed by atoms with Crippen LogP contribution in [0.5, 0.6) is 0 Å². The Labute approximate surface area is 286 Å². The van der Waals surface area contributed by atoms with E-state index in [1.54, 1.807) is 0 Å². The van der Waals surface area contributed by atoms with Gasteiger partial charge >= 0.3 is 5.97 Å². The van der Waals surface area contributed by atoms with Crippen LogP contribution in [0, 0.1) is 50.7 Å². The first-order chi connectivity index (χ1) is 22.4. The van der Waals surface area contributed by atoms with Gasteiger partial charge in [0.05, 0.1) is 24.9 Å². The average molecular weight is 679 g/mol. The lowest BCUT2D eigenvalue weighted by atomic mass is 9.41. The Morgan fingerprint density at radius 2 is 1.65 bits per heavy atom. The minimum absolute atomic E-state index is 0.0239. The fourth-order valence-corrected chi connectivity index (χ4v) is 13.1. The highest BCUT2D eigenvalue weighted by molar-refractivity contribution is 5.65. The number of aliphatic hydroxyl groups excluding tert-OH is 6. The van der Waals surface area contributed by atoms with E-state index in [1.165, 1.54) is 6.92 Å². The molecule has 0 bridgehead atoms. The van der Waals surface area contributed by atoms with Gasteiger partial charge in [-0.05, 0) is 115 Å². The summed E-state index contributed by atoms with van der Waals surface area (Å²) in [5.74, 6) is 0.280. The SMILES string of the molecule is CC(=O)OC[C@H]1O[C@@H](O[C@H]2CC[C@]34C[C@]35CC[C@]3(C)[C@@H]([C@H](C)CC/C=C(\C)CO)[C@@H](O)C[C@@]3(C)C5C[C@H](O)C4C2(C)C)[C@H](O)[C@@H](O)[C@@H]1O. The van der Waals surface area contributed by atoms with Crippen LogP contribution in [0.1, 0.15) is 106 Å². The fraction of sp³-hybridized carbons (Fsp3) is 0.921. The molecule has 0 aromatic rings. The molecule has 10 heteroatoms. The number of fused-ring (bicyclic) bond motifs is 2. The first-order valence-corrected chi connectivity index (χ1v) is 18.5. The Bertz CT molecular complexity index is 1250. The molecule has 0 aromatic carbocycles. The molecule has 5 aliphatic carbocycles. The third-order valence-electron chi connectivity index (χ3n) is 15.4. The largest absolute Gasteiger partial charge is 0.463 e. The molecule has 6 aliphatic rings. The smallest absolute Gasteiger partial charge is 0.302 e. The molecule has 0 aromatic heterocycles. The lowest BCUT2D eigenvalue weighted by Crippen LogP contribution is -2.64. The number of carbonyl (C=O) groups excluding carboxylic acids is 1. The van der Waals surface area contributed by atoms with Crippen molar-refractivity contribution in [1.29, 1.82) is 0 Å². The molecule has 274 valence electrons. The highest BCUT2D eigenvalue weighted by atomic mass is 16.7. The minimum Gasteiger partial charge on any atom is -0.463 e. The summed E-state index contributed by atoms with van der Waals surface area (Å²) in [6.45, 7) is 14.4. The van der Waals surface area contributed by atoms with Crippen molar-refractivity contribution in [3.8, 4) is 0 Å².